The summed E-state index contributed by atoms with van der Waals surface area (Å²) in [5.41, 5.74) is 2.97. The van der Waals surface area contributed by atoms with Crippen LogP contribution in [0.4, 0.5) is 0 Å². The number of carbonyl (C=O) groups excluding carboxylic acids is 1. The van der Waals surface area contributed by atoms with Crippen molar-refractivity contribution in [2.45, 2.75) is 32.4 Å². The van der Waals surface area contributed by atoms with Gasteiger partial charge in [-0.15, -0.1) is 0 Å². The molecule has 28 heavy (non-hydrogen) atoms. The van der Waals surface area contributed by atoms with Crippen molar-refractivity contribution in [2.75, 3.05) is 14.2 Å². The first-order valence-corrected chi connectivity index (χ1v) is 9.58. The number of fused-ring (bicyclic) bond motifs is 1. The lowest BCUT2D eigenvalue weighted by Gasteiger charge is -2.09. The number of carbonyl (C=O) groups is 1. The van der Waals surface area contributed by atoms with E-state index in [2.05, 4.69) is 27.5 Å². The van der Waals surface area contributed by atoms with Crippen molar-refractivity contribution in [3.05, 3.63) is 66.1 Å². The van der Waals surface area contributed by atoms with Crippen LogP contribution in [-0.2, 0) is 13.0 Å². The number of Topliss-reactive ketones (excluding diaryl/α,β-unsaturated/α-hetero) is 1. The van der Waals surface area contributed by atoms with Crippen LogP contribution in [0, 0.1) is 0 Å². The van der Waals surface area contributed by atoms with E-state index < -0.39 is 0 Å². The molecule has 1 unspecified atom stereocenters. The van der Waals surface area contributed by atoms with Crippen molar-refractivity contribution in [1.82, 2.24) is 4.57 Å². The van der Waals surface area contributed by atoms with Gasteiger partial charge in [-0.05, 0) is 61.9 Å². The molecule has 1 aromatic heterocycles. The molecule has 0 fully saturated rings. The highest BCUT2D eigenvalue weighted by atomic mass is 16.5. The Morgan fingerprint density at radius 2 is 1.61 bits per heavy atom. The zero-order valence-corrected chi connectivity index (χ0v) is 16.5. The Morgan fingerprint density at radius 3 is 2.21 bits per heavy atom. The minimum absolute atomic E-state index is 0.106. The molecule has 1 atom stereocenters. The molecule has 5 nitrogen and oxygen atoms in total. The van der Waals surface area contributed by atoms with E-state index in [1.165, 1.54) is 5.82 Å². The van der Waals surface area contributed by atoms with Crippen molar-refractivity contribution in [3.8, 4) is 22.8 Å². The minimum atomic E-state index is -0.264. The van der Waals surface area contributed by atoms with Gasteiger partial charge in [0.1, 0.15) is 17.7 Å². The molecule has 4 rings (SSSR count). The predicted molar refractivity (Wildman–Crippen MR) is 107 cm³/mol. The lowest BCUT2D eigenvalue weighted by molar-refractivity contribution is -0.710. The predicted octanol–water partition coefficient (Wildman–Crippen LogP) is 3.85. The third-order valence-electron chi connectivity index (χ3n) is 5.50. The van der Waals surface area contributed by atoms with Crippen LogP contribution in [0.15, 0.2) is 54.7 Å². The molecule has 2 heterocycles. The zero-order chi connectivity index (χ0) is 19.7. The number of hydrogen-bond acceptors (Lipinski definition) is 3. The third kappa shape index (κ3) is 3.17. The lowest BCUT2D eigenvalue weighted by Crippen LogP contribution is -2.44. The monoisotopic (exact) mass is 377 g/mol. The van der Waals surface area contributed by atoms with E-state index in [-0.39, 0.29) is 11.8 Å². The fraction of sp³-hybridized carbons (Fsp3) is 0.304. The van der Waals surface area contributed by atoms with E-state index in [1.54, 1.807) is 14.2 Å². The first-order valence-electron chi connectivity index (χ1n) is 9.58. The first-order chi connectivity index (χ1) is 13.6. The van der Waals surface area contributed by atoms with E-state index in [1.807, 2.05) is 43.3 Å². The summed E-state index contributed by atoms with van der Waals surface area (Å²) in [5.74, 6) is 2.91. The number of hydrogen-bond donors (Lipinski definition) is 0. The normalized spacial score (nSPS) is 13.8. The molecule has 3 aromatic rings. The summed E-state index contributed by atoms with van der Waals surface area (Å²) in [6, 6.07) is 15.1. The van der Waals surface area contributed by atoms with Crippen LogP contribution < -0.4 is 14.0 Å². The van der Waals surface area contributed by atoms with Gasteiger partial charge in [-0.25, -0.2) is 9.13 Å². The Kier molecular flexibility index (Phi) is 4.90. The standard InChI is InChI=1S/C23H25N2O3/c1-16(23(26)18-8-12-20(28-3)13-9-18)25-15-21(24-14-4-5-22(24)25)17-6-10-19(27-2)11-7-17/h6-13,15-16H,4-5,14H2,1-3H3/q+1. The topological polar surface area (TPSA) is 44.3 Å². The third-order valence-corrected chi connectivity index (χ3v) is 5.50. The largest absolute Gasteiger partial charge is 0.497 e. The fourth-order valence-electron chi connectivity index (χ4n) is 3.91. The second kappa shape index (κ2) is 7.50. The number of nitrogens with zero attached hydrogens (tertiary/aromatic N) is 2. The second-order valence-corrected chi connectivity index (χ2v) is 7.09. The minimum Gasteiger partial charge on any atom is -0.497 e. The molecule has 0 amide bonds. The number of ether oxygens (including phenoxy) is 2. The molecule has 2 aromatic carbocycles. The summed E-state index contributed by atoms with van der Waals surface area (Å²) >= 11 is 0. The molecule has 0 aliphatic carbocycles. The summed E-state index contributed by atoms with van der Waals surface area (Å²) < 4.78 is 14.9. The van der Waals surface area contributed by atoms with Gasteiger partial charge >= 0.3 is 0 Å². The van der Waals surface area contributed by atoms with Gasteiger partial charge in [-0.1, -0.05) is 0 Å². The molecule has 0 spiro atoms. The van der Waals surface area contributed by atoms with E-state index in [0.717, 1.165) is 42.1 Å². The molecule has 0 N–H and O–H groups in total. The van der Waals surface area contributed by atoms with E-state index in [4.69, 9.17) is 9.47 Å². The Hall–Kier alpha value is -3.08. The van der Waals surface area contributed by atoms with E-state index in [9.17, 15) is 4.79 Å². The first kappa shape index (κ1) is 18.3. The summed E-state index contributed by atoms with van der Waals surface area (Å²) in [6.45, 7) is 2.96. The van der Waals surface area contributed by atoms with Gasteiger partial charge in [-0.2, -0.15) is 0 Å². The average molecular weight is 377 g/mol. The molecular formula is C23H25N2O3+. The van der Waals surface area contributed by atoms with Gasteiger partial charge in [0.2, 0.25) is 5.78 Å². The zero-order valence-electron chi connectivity index (χ0n) is 16.5. The maximum atomic E-state index is 13.1. The van der Waals surface area contributed by atoms with Crippen LogP contribution in [0.1, 0.15) is 35.6 Å². The van der Waals surface area contributed by atoms with Crippen LogP contribution in [0.5, 0.6) is 11.5 Å². The number of aromatic nitrogens is 2. The molecule has 0 saturated heterocycles. The average Bonchev–Trinajstić information content (AvgIpc) is 3.36. The molecule has 0 bridgehead atoms. The van der Waals surface area contributed by atoms with Crippen molar-refractivity contribution >= 4 is 5.78 Å². The highest BCUT2D eigenvalue weighted by molar-refractivity contribution is 5.97. The van der Waals surface area contributed by atoms with E-state index in [0.29, 0.717) is 5.56 Å². The van der Waals surface area contributed by atoms with Crippen molar-refractivity contribution in [3.63, 3.8) is 0 Å². The molecule has 144 valence electrons. The molecule has 1 aliphatic rings. The lowest BCUT2D eigenvalue weighted by atomic mass is 10.0. The highest BCUT2D eigenvalue weighted by Gasteiger charge is 2.33. The van der Waals surface area contributed by atoms with Crippen LogP contribution in [0.2, 0.25) is 0 Å². The van der Waals surface area contributed by atoms with Gasteiger partial charge in [0.05, 0.1) is 27.2 Å². The summed E-state index contributed by atoms with van der Waals surface area (Å²) in [7, 11) is 3.30. The Morgan fingerprint density at radius 1 is 1.00 bits per heavy atom. The smallest absolute Gasteiger partial charge is 0.257 e. The number of rotatable bonds is 6. The molecule has 1 aliphatic heterocycles. The Bertz CT molecular complexity index is 988. The Labute approximate surface area is 165 Å². The van der Waals surface area contributed by atoms with E-state index >= 15 is 0 Å². The maximum absolute atomic E-state index is 13.1. The van der Waals surface area contributed by atoms with Gasteiger partial charge in [0.25, 0.3) is 5.82 Å². The van der Waals surface area contributed by atoms with Gasteiger partial charge in [-0.3, -0.25) is 4.79 Å². The summed E-state index contributed by atoms with van der Waals surface area (Å²) in [6.07, 6.45) is 4.20. The quantitative estimate of drug-likeness (QED) is 0.484. The van der Waals surface area contributed by atoms with Crippen molar-refractivity contribution in [1.29, 1.82) is 0 Å². The van der Waals surface area contributed by atoms with Crippen molar-refractivity contribution in [2.24, 2.45) is 0 Å². The van der Waals surface area contributed by atoms with Crippen LogP contribution in [0.3, 0.4) is 0 Å². The number of benzene rings is 2. The fourth-order valence-corrected chi connectivity index (χ4v) is 3.91. The van der Waals surface area contributed by atoms with Crippen LogP contribution >= 0.6 is 0 Å². The highest BCUT2D eigenvalue weighted by Crippen LogP contribution is 2.28. The second-order valence-electron chi connectivity index (χ2n) is 7.09. The number of methoxy groups -OCH3 is 2. The van der Waals surface area contributed by atoms with Crippen LogP contribution in [-0.4, -0.2) is 24.6 Å². The number of ketones is 1. The SMILES string of the molecule is COc1ccc(C(=O)C(C)[n+]2cc(-c3ccc(OC)cc3)n3c2CCC3)cc1. The molecular weight excluding hydrogens is 352 g/mol. The van der Waals surface area contributed by atoms with Crippen molar-refractivity contribution < 1.29 is 18.8 Å². The summed E-state index contributed by atoms with van der Waals surface area (Å²) in [4.78, 5) is 13.1. The molecule has 0 radical (unpaired) electrons. The van der Waals surface area contributed by atoms with Crippen LogP contribution in [0.25, 0.3) is 11.3 Å². The van der Waals surface area contributed by atoms with Gasteiger partial charge in [0.15, 0.2) is 11.7 Å². The maximum Gasteiger partial charge on any atom is 0.257 e. The molecule has 0 saturated carbocycles. The van der Waals surface area contributed by atoms with Gasteiger partial charge in [0, 0.05) is 11.1 Å². The number of imidazole rings is 1. The summed E-state index contributed by atoms with van der Waals surface area (Å²) in [5, 5.41) is 0. The Balaban J connectivity index is 1.68. The van der Waals surface area contributed by atoms with Gasteiger partial charge < -0.3 is 9.47 Å². The molecule has 5 heteroatoms.